The summed E-state index contributed by atoms with van der Waals surface area (Å²) in [6.45, 7) is 3.17. The van der Waals surface area contributed by atoms with Gasteiger partial charge in [0.1, 0.15) is 5.75 Å². The summed E-state index contributed by atoms with van der Waals surface area (Å²) in [5.41, 5.74) is 4.02. The molecule has 3 aromatic carbocycles. The summed E-state index contributed by atoms with van der Waals surface area (Å²) in [4.78, 5) is 0. The second-order valence-corrected chi connectivity index (χ2v) is 6.61. The van der Waals surface area contributed by atoms with Gasteiger partial charge in [0.05, 0.1) is 7.11 Å². The standard InChI is InChI=1S/C24H27NO/c1-19(20-13-15-23(26-2)16-14-20)25-18-17-24(21-9-5-3-6-10-21)22-11-7-4-8-12-22/h3-16,19,24-25H,17-18H2,1-2H3. The van der Waals surface area contributed by atoms with Crippen LogP contribution < -0.4 is 10.1 Å². The monoisotopic (exact) mass is 345 g/mol. The highest BCUT2D eigenvalue weighted by atomic mass is 16.5. The molecule has 1 unspecified atom stereocenters. The van der Waals surface area contributed by atoms with Crippen LogP contribution in [0.4, 0.5) is 0 Å². The van der Waals surface area contributed by atoms with E-state index in [1.165, 1.54) is 16.7 Å². The molecule has 0 saturated carbocycles. The maximum Gasteiger partial charge on any atom is 0.118 e. The topological polar surface area (TPSA) is 21.3 Å². The summed E-state index contributed by atoms with van der Waals surface area (Å²) >= 11 is 0. The lowest BCUT2D eigenvalue weighted by Crippen LogP contribution is -2.21. The second kappa shape index (κ2) is 9.21. The molecule has 26 heavy (non-hydrogen) atoms. The highest BCUT2D eigenvalue weighted by Crippen LogP contribution is 2.27. The molecule has 0 saturated heterocycles. The summed E-state index contributed by atoms with van der Waals surface area (Å²) in [6, 6.07) is 30.2. The van der Waals surface area contributed by atoms with Crippen molar-refractivity contribution < 1.29 is 4.74 Å². The van der Waals surface area contributed by atoms with Crippen LogP contribution in [0.3, 0.4) is 0 Å². The molecule has 0 aliphatic heterocycles. The molecule has 0 heterocycles. The predicted octanol–water partition coefficient (Wildman–Crippen LogP) is 5.57. The van der Waals surface area contributed by atoms with Crippen LogP contribution >= 0.6 is 0 Å². The molecule has 0 aliphatic carbocycles. The van der Waals surface area contributed by atoms with Gasteiger partial charge in [-0.1, -0.05) is 72.8 Å². The average Bonchev–Trinajstić information content (AvgIpc) is 2.72. The molecular weight excluding hydrogens is 318 g/mol. The van der Waals surface area contributed by atoms with Crippen molar-refractivity contribution in [1.29, 1.82) is 0 Å². The van der Waals surface area contributed by atoms with Crippen molar-refractivity contribution in [2.45, 2.75) is 25.3 Å². The normalized spacial score (nSPS) is 12.1. The smallest absolute Gasteiger partial charge is 0.118 e. The van der Waals surface area contributed by atoms with E-state index in [1.807, 2.05) is 12.1 Å². The Hall–Kier alpha value is -2.58. The maximum atomic E-state index is 5.24. The molecular formula is C24H27NO. The zero-order chi connectivity index (χ0) is 18.2. The molecule has 2 nitrogen and oxygen atoms in total. The van der Waals surface area contributed by atoms with E-state index in [-0.39, 0.29) is 0 Å². The lowest BCUT2D eigenvalue weighted by Gasteiger charge is -2.20. The third-order valence-corrected chi connectivity index (χ3v) is 4.90. The fraction of sp³-hybridized carbons (Fsp3) is 0.250. The van der Waals surface area contributed by atoms with Gasteiger partial charge in [0.2, 0.25) is 0 Å². The van der Waals surface area contributed by atoms with Crippen molar-refractivity contribution in [3.8, 4) is 5.75 Å². The summed E-state index contributed by atoms with van der Waals surface area (Å²) in [7, 11) is 1.70. The zero-order valence-corrected chi connectivity index (χ0v) is 15.6. The van der Waals surface area contributed by atoms with Gasteiger partial charge in [-0.25, -0.2) is 0 Å². The Morgan fingerprint density at radius 1 is 0.731 bits per heavy atom. The summed E-state index contributed by atoms with van der Waals surface area (Å²) in [5, 5.41) is 3.67. The van der Waals surface area contributed by atoms with Gasteiger partial charge in [0.25, 0.3) is 0 Å². The molecule has 0 radical (unpaired) electrons. The van der Waals surface area contributed by atoms with E-state index >= 15 is 0 Å². The van der Waals surface area contributed by atoms with Crippen molar-refractivity contribution in [2.24, 2.45) is 0 Å². The Kier molecular flexibility index (Phi) is 6.45. The Bertz CT molecular complexity index is 729. The van der Waals surface area contributed by atoms with Gasteiger partial charge < -0.3 is 10.1 Å². The van der Waals surface area contributed by atoms with Gasteiger partial charge in [-0.3, -0.25) is 0 Å². The van der Waals surface area contributed by atoms with Crippen molar-refractivity contribution >= 4 is 0 Å². The average molecular weight is 345 g/mol. The maximum absolute atomic E-state index is 5.24. The number of nitrogens with one attached hydrogen (secondary N) is 1. The molecule has 1 N–H and O–H groups in total. The summed E-state index contributed by atoms with van der Waals surface area (Å²) in [5.74, 6) is 1.31. The molecule has 3 rings (SSSR count). The first-order valence-corrected chi connectivity index (χ1v) is 9.25. The minimum atomic E-state index is 0.313. The van der Waals surface area contributed by atoms with E-state index in [0.717, 1.165) is 18.7 Å². The number of rotatable bonds is 8. The van der Waals surface area contributed by atoms with Crippen LogP contribution in [0.5, 0.6) is 5.75 Å². The number of hydrogen-bond donors (Lipinski definition) is 1. The van der Waals surface area contributed by atoms with Crippen molar-refractivity contribution in [3.63, 3.8) is 0 Å². The number of hydrogen-bond acceptors (Lipinski definition) is 2. The highest BCUT2D eigenvalue weighted by Gasteiger charge is 2.14. The number of methoxy groups -OCH3 is 1. The lowest BCUT2D eigenvalue weighted by atomic mass is 9.88. The Morgan fingerprint density at radius 2 is 1.27 bits per heavy atom. The highest BCUT2D eigenvalue weighted by molar-refractivity contribution is 5.32. The van der Waals surface area contributed by atoms with Crippen LogP contribution in [0.2, 0.25) is 0 Å². The fourth-order valence-electron chi connectivity index (χ4n) is 3.35. The molecule has 0 fully saturated rings. The molecule has 0 amide bonds. The summed E-state index contributed by atoms with van der Waals surface area (Å²) < 4.78 is 5.24. The minimum absolute atomic E-state index is 0.313. The molecule has 0 bridgehead atoms. The first-order chi connectivity index (χ1) is 12.8. The third kappa shape index (κ3) is 4.74. The molecule has 2 heteroatoms. The van der Waals surface area contributed by atoms with Crippen LogP contribution in [-0.2, 0) is 0 Å². The predicted molar refractivity (Wildman–Crippen MR) is 109 cm³/mol. The van der Waals surface area contributed by atoms with Crippen LogP contribution in [-0.4, -0.2) is 13.7 Å². The van der Waals surface area contributed by atoms with Crippen LogP contribution in [0.1, 0.15) is 42.0 Å². The van der Waals surface area contributed by atoms with Gasteiger partial charge in [0, 0.05) is 12.0 Å². The fourth-order valence-corrected chi connectivity index (χ4v) is 3.35. The lowest BCUT2D eigenvalue weighted by molar-refractivity contribution is 0.414. The Morgan fingerprint density at radius 3 is 1.77 bits per heavy atom. The number of benzene rings is 3. The van der Waals surface area contributed by atoms with E-state index in [9.17, 15) is 0 Å². The van der Waals surface area contributed by atoms with Gasteiger partial charge in [-0.2, -0.15) is 0 Å². The first kappa shape index (κ1) is 18.2. The van der Waals surface area contributed by atoms with Crippen LogP contribution in [0, 0.1) is 0 Å². The van der Waals surface area contributed by atoms with Gasteiger partial charge in [-0.05, 0) is 48.7 Å². The number of ether oxygens (including phenoxy) is 1. The van der Waals surface area contributed by atoms with E-state index in [1.54, 1.807) is 7.11 Å². The molecule has 0 aliphatic rings. The van der Waals surface area contributed by atoms with Gasteiger partial charge >= 0.3 is 0 Å². The molecule has 0 spiro atoms. The second-order valence-electron chi connectivity index (χ2n) is 6.61. The van der Waals surface area contributed by atoms with Gasteiger partial charge in [0.15, 0.2) is 0 Å². The Balaban J connectivity index is 1.64. The molecule has 1 atom stereocenters. The van der Waals surface area contributed by atoms with E-state index < -0.39 is 0 Å². The van der Waals surface area contributed by atoms with Crippen LogP contribution in [0.25, 0.3) is 0 Å². The molecule has 134 valence electrons. The first-order valence-electron chi connectivity index (χ1n) is 9.25. The Labute approximate surface area is 156 Å². The largest absolute Gasteiger partial charge is 0.497 e. The molecule has 3 aromatic rings. The van der Waals surface area contributed by atoms with E-state index in [4.69, 9.17) is 4.74 Å². The van der Waals surface area contributed by atoms with E-state index in [0.29, 0.717) is 12.0 Å². The third-order valence-electron chi connectivity index (χ3n) is 4.90. The minimum Gasteiger partial charge on any atom is -0.497 e. The zero-order valence-electron chi connectivity index (χ0n) is 15.6. The van der Waals surface area contributed by atoms with Crippen LogP contribution in [0.15, 0.2) is 84.9 Å². The van der Waals surface area contributed by atoms with Crippen molar-refractivity contribution in [2.75, 3.05) is 13.7 Å². The van der Waals surface area contributed by atoms with Crippen molar-refractivity contribution in [3.05, 3.63) is 102 Å². The SMILES string of the molecule is COc1ccc(C(C)NCCC(c2ccccc2)c2ccccc2)cc1. The molecule has 0 aromatic heterocycles. The quantitative estimate of drug-likeness (QED) is 0.576. The summed E-state index contributed by atoms with van der Waals surface area (Å²) in [6.07, 6.45) is 1.06. The van der Waals surface area contributed by atoms with E-state index in [2.05, 4.69) is 85.0 Å². The van der Waals surface area contributed by atoms with Gasteiger partial charge in [-0.15, -0.1) is 0 Å². The van der Waals surface area contributed by atoms with Crippen molar-refractivity contribution in [1.82, 2.24) is 5.32 Å².